The van der Waals surface area contributed by atoms with Crippen molar-refractivity contribution in [2.75, 3.05) is 0 Å². The summed E-state index contributed by atoms with van der Waals surface area (Å²) in [7, 11) is -4.10. The summed E-state index contributed by atoms with van der Waals surface area (Å²) in [6.07, 6.45) is 1.22. The number of rotatable bonds is 4. The third-order valence-corrected chi connectivity index (χ3v) is 4.45. The number of nitrogens with one attached hydrogen (secondary N) is 1. The monoisotopic (exact) mass is 407 g/mol. The van der Waals surface area contributed by atoms with Crippen molar-refractivity contribution in [2.45, 2.75) is 0 Å². The third-order valence-electron chi connectivity index (χ3n) is 2.74. The molecular weight excluding hydrogens is 400 g/mol. The molecule has 0 saturated carbocycles. The molecule has 9 heteroatoms. The van der Waals surface area contributed by atoms with Crippen molar-refractivity contribution in [3.63, 3.8) is 0 Å². The van der Waals surface area contributed by atoms with Gasteiger partial charge in [-0.3, -0.25) is 4.79 Å². The molecule has 0 radical (unpaired) electrons. The molecule has 2 aromatic carbocycles. The van der Waals surface area contributed by atoms with E-state index in [1.54, 1.807) is 4.72 Å². The van der Waals surface area contributed by atoms with Crippen LogP contribution in [0.4, 0.5) is 4.39 Å². The molecule has 0 aliphatic heterocycles. The molecule has 0 saturated heterocycles. The van der Waals surface area contributed by atoms with Crippen molar-refractivity contribution in [3.8, 4) is 0 Å². The van der Waals surface area contributed by atoms with E-state index in [0.717, 1.165) is 23.6 Å². The van der Waals surface area contributed by atoms with Crippen LogP contribution in [0.3, 0.4) is 0 Å². The Kier molecular flexibility index (Phi) is 5.87. The van der Waals surface area contributed by atoms with Gasteiger partial charge in [0.2, 0.25) is 0 Å². The largest absolute Gasteiger partial charge is 0.268 e. The van der Waals surface area contributed by atoms with E-state index < -0.39 is 21.7 Å². The summed E-state index contributed by atoms with van der Waals surface area (Å²) in [6, 6.07) is 7.48. The summed E-state index contributed by atoms with van der Waals surface area (Å²) >= 11 is 17.3. The fourth-order valence-electron chi connectivity index (χ4n) is 1.73. The standard InChI is InChI=1S/C15H9Cl3FNO3S/c16-10-5-9(6-11(17)7-10)3-4-24(22,23)20-15(21)13-2-1-12(19)8-14(13)18/h1-8H,(H,20,21)/b4-3+. The molecule has 0 atom stereocenters. The maximum absolute atomic E-state index is 13.0. The molecule has 0 aliphatic rings. The zero-order valence-corrected chi connectivity index (χ0v) is 14.8. The van der Waals surface area contributed by atoms with E-state index in [-0.39, 0.29) is 10.6 Å². The van der Waals surface area contributed by atoms with Crippen LogP contribution < -0.4 is 4.72 Å². The van der Waals surface area contributed by atoms with E-state index in [4.69, 9.17) is 34.8 Å². The maximum atomic E-state index is 13.0. The normalized spacial score (nSPS) is 11.7. The van der Waals surface area contributed by atoms with Crippen molar-refractivity contribution in [3.05, 3.63) is 73.8 Å². The smallest absolute Gasteiger partial charge is 0.266 e. The van der Waals surface area contributed by atoms with Gasteiger partial charge < -0.3 is 0 Å². The average molecular weight is 409 g/mol. The highest BCUT2D eigenvalue weighted by molar-refractivity contribution is 7.93. The van der Waals surface area contributed by atoms with Crippen LogP contribution in [-0.2, 0) is 10.0 Å². The molecule has 2 aromatic rings. The predicted octanol–water partition coefficient (Wildman–Crippen LogP) is 4.52. The summed E-state index contributed by atoms with van der Waals surface area (Å²) in [5.41, 5.74) is 0.269. The molecule has 126 valence electrons. The van der Waals surface area contributed by atoms with E-state index in [9.17, 15) is 17.6 Å². The lowest BCUT2D eigenvalue weighted by atomic mass is 10.2. The highest BCUT2D eigenvalue weighted by Crippen LogP contribution is 2.20. The predicted molar refractivity (Wildman–Crippen MR) is 93.3 cm³/mol. The number of benzene rings is 2. The number of amides is 1. The number of hydrogen-bond donors (Lipinski definition) is 1. The van der Waals surface area contributed by atoms with Gasteiger partial charge in [0.1, 0.15) is 5.82 Å². The van der Waals surface area contributed by atoms with Crippen molar-refractivity contribution in [2.24, 2.45) is 0 Å². The lowest BCUT2D eigenvalue weighted by molar-refractivity contribution is 0.0982. The van der Waals surface area contributed by atoms with Gasteiger partial charge >= 0.3 is 0 Å². The van der Waals surface area contributed by atoms with Crippen molar-refractivity contribution >= 4 is 56.8 Å². The lowest BCUT2D eigenvalue weighted by Gasteiger charge is -2.05. The Morgan fingerprint density at radius 3 is 2.25 bits per heavy atom. The van der Waals surface area contributed by atoms with Crippen LogP contribution in [0.1, 0.15) is 15.9 Å². The molecule has 1 amide bonds. The number of sulfonamides is 1. The Hall–Kier alpha value is -1.60. The minimum atomic E-state index is -4.10. The van der Waals surface area contributed by atoms with Gasteiger partial charge in [0, 0.05) is 10.0 Å². The summed E-state index contributed by atoms with van der Waals surface area (Å²) in [5, 5.41) is 1.25. The quantitative estimate of drug-likeness (QED) is 0.809. The lowest BCUT2D eigenvalue weighted by Crippen LogP contribution is -2.29. The zero-order valence-electron chi connectivity index (χ0n) is 11.8. The van der Waals surface area contributed by atoms with Crippen LogP contribution in [0.15, 0.2) is 41.8 Å². The van der Waals surface area contributed by atoms with Crippen LogP contribution >= 0.6 is 34.8 Å². The topological polar surface area (TPSA) is 63.2 Å². The van der Waals surface area contributed by atoms with Gasteiger partial charge in [-0.05, 0) is 48.0 Å². The molecule has 24 heavy (non-hydrogen) atoms. The average Bonchev–Trinajstić information content (AvgIpc) is 2.43. The molecular formula is C15H9Cl3FNO3S. The van der Waals surface area contributed by atoms with E-state index in [1.165, 1.54) is 24.3 Å². The van der Waals surface area contributed by atoms with Crippen LogP contribution in [0.5, 0.6) is 0 Å². The van der Waals surface area contributed by atoms with Gasteiger partial charge in [-0.15, -0.1) is 0 Å². The van der Waals surface area contributed by atoms with Crippen LogP contribution in [-0.4, -0.2) is 14.3 Å². The van der Waals surface area contributed by atoms with Gasteiger partial charge in [-0.25, -0.2) is 17.5 Å². The Morgan fingerprint density at radius 2 is 1.67 bits per heavy atom. The molecule has 0 aromatic heterocycles. The fraction of sp³-hybridized carbons (Fsp3) is 0. The molecule has 0 fully saturated rings. The van der Waals surface area contributed by atoms with E-state index in [0.29, 0.717) is 15.6 Å². The van der Waals surface area contributed by atoms with Gasteiger partial charge in [0.25, 0.3) is 15.9 Å². The highest BCUT2D eigenvalue weighted by atomic mass is 35.5. The highest BCUT2D eigenvalue weighted by Gasteiger charge is 2.16. The van der Waals surface area contributed by atoms with Crippen molar-refractivity contribution in [1.29, 1.82) is 0 Å². The Balaban J connectivity index is 2.18. The summed E-state index contributed by atoms with van der Waals surface area (Å²) < 4.78 is 38.6. The first kappa shape index (κ1) is 18.7. The Morgan fingerprint density at radius 1 is 1.04 bits per heavy atom. The SMILES string of the molecule is O=C(NS(=O)(=O)/C=C/c1cc(Cl)cc(Cl)c1)c1ccc(F)cc1Cl. The number of halogens is 4. The van der Waals surface area contributed by atoms with E-state index >= 15 is 0 Å². The van der Waals surface area contributed by atoms with Crippen molar-refractivity contribution < 1.29 is 17.6 Å². The third kappa shape index (κ3) is 5.21. The molecule has 0 heterocycles. The second-order valence-electron chi connectivity index (χ2n) is 4.61. The van der Waals surface area contributed by atoms with Crippen LogP contribution in [0, 0.1) is 5.82 Å². The van der Waals surface area contributed by atoms with Gasteiger partial charge in [-0.2, -0.15) is 0 Å². The first-order valence-electron chi connectivity index (χ1n) is 6.33. The zero-order chi connectivity index (χ0) is 17.9. The number of hydrogen-bond acceptors (Lipinski definition) is 3. The maximum Gasteiger partial charge on any atom is 0.266 e. The Bertz CT molecular complexity index is 909. The molecule has 0 spiro atoms. The van der Waals surface area contributed by atoms with Crippen molar-refractivity contribution in [1.82, 2.24) is 4.72 Å². The van der Waals surface area contributed by atoms with Gasteiger partial charge in [0.05, 0.1) is 16.0 Å². The van der Waals surface area contributed by atoms with E-state index in [2.05, 4.69) is 0 Å². The molecule has 0 aliphatic carbocycles. The molecule has 4 nitrogen and oxygen atoms in total. The van der Waals surface area contributed by atoms with Gasteiger partial charge in [-0.1, -0.05) is 34.8 Å². The second kappa shape index (κ2) is 7.53. The molecule has 1 N–H and O–H groups in total. The van der Waals surface area contributed by atoms with Crippen LogP contribution in [0.25, 0.3) is 6.08 Å². The molecule has 0 bridgehead atoms. The number of carbonyl (C=O) groups excluding carboxylic acids is 1. The minimum Gasteiger partial charge on any atom is -0.268 e. The number of carbonyl (C=O) groups is 1. The van der Waals surface area contributed by atoms with E-state index in [1.807, 2.05) is 0 Å². The first-order chi connectivity index (χ1) is 11.2. The second-order valence-corrected chi connectivity index (χ2v) is 7.45. The Labute approximate surface area is 152 Å². The van der Waals surface area contributed by atoms with Crippen LogP contribution in [0.2, 0.25) is 15.1 Å². The minimum absolute atomic E-state index is 0.166. The molecule has 0 unspecified atom stereocenters. The summed E-state index contributed by atoms with van der Waals surface area (Å²) in [6.45, 7) is 0. The fourth-order valence-corrected chi connectivity index (χ4v) is 3.30. The molecule has 2 rings (SSSR count). The first-order valence-corrected chi connectivity index (χ1v) is 9.01. The van der Waals surface area contributed by atoms with Gasteiger partial charge in [0.15, 0.2) is 0 Å². The summed E-state index contributed by atoms with van der Waals surface area (Å²) in [4.78, 5) is 11.9. The summed E-state index contributed by atoms with van der Waals surface area (Å²) in [5.74, 6) is -1.62.